The molecular weight excluding hydrogens is 222 g/mol. The zero-order valence-corrected chi connectivity index (χ0v) is 9.84. The molecule has 2 rings (SSSR count). The van der Waals surface area contributed by atoms with Crippen LogP contribution < -0.4 is 0 Å². The molecule has 0 fully saturated rings. The minimum absolute atomic E-state index is 0.0990. The molecule has 4 nitrogen and oxygen atoms in total. The normalized spacial score (nSPS) is 10.4. The van der Waals surface area contributed by atoms with Gasteiger partial charge in [0.1, 0.15) is 5.03 Å². The number of rotatable bonds is 3. The fourth-order valence-corrected chi connectivity index (χ4v) is 1.82. The zero-order valence-electron chi connectivity index (χ0n) is 9.02. The quantitative estimate of drug-likeness (QED) is 0.651. The summed E-state index contributed by atoms with van der Waals surface area (Å²) in [4.78, 5) is 12.1. The van der Waals surface area contributed by atoms with E-state index in [1.807, 2.05) is 25.3 Å². The van der Waals surface area contributed by atoms with Crippen LogP contribution in [0, 0.1) is 6.92 Å². The lowest BCUT2D eigenvalue weighted by Crippen LogP contribution is -2.03. The summed E-state index contributed by atoms with van der Waals surface area (Å²) in [6, 6.07) is 7.42. The zero-order chi connectivity index (χ0) is 11.5. The molecule has 0 radical (unpaired) electrons. The molecule has 0 amide bonds. The molecule has 1 N–H and O–H groups in total. The lowest BCUT2D eigenvalue weighted by molar-refractivity contribution is 0.103. The molecule has 0 bridgehead atoms. The Morgan fingerprint density at radius 1 is 1.25 bits per heavy atom. The Morgan fingerprint density at radius 3 is 2.56 bits per heavy atom. The summed E-state index contributed by atoms with van der Waals surface area (Å²) in [5.41, 5.74) is 2.15. The summed E-state index contributed by atoms with van der Waals surface area (Å²) in [6.07, 6.45) is 1.86. The van der Waals surface area contributed by atoms with Crippen molar-refractivity contribution in [3.63, 3.8) is 0 Å². The molecule has 0 atom stereocenters. The van der Waals surface area contributed by atoms with Gasteiger partial charge < -0.3 is 0 Å². The predicted molar refractivity (Wildman–Crippen MR) is 62.8 cm³/mol. The van der Waals surface area contributed by atoms with E-state index < -0.39 is 0 Å². The molecule has 0 unspecified atom stereocenters. The van der Waals surface area contributed by atoms with Crippen LogP contribution in [0.4, 0.5) is 0 Å². The number of hydrogen-bond donors (Lipinski definition) is 1. The third kappa shape index (κ3) is 1.99. The van der Waals surface area contributed by atoms with Gasteiger partial charge in [0.25, 0.3) is 0 Å². The number of aryl methyl sites for hydroxylation is 1. The maximum absolute atomic E-state index is 12.1. The number of ketones is 1. The molecule has 1 aromatic carbocycles. The van der Waals surface area contributed by atoms with Crippen LogP contribution in [-0.2, 0) is 0 Å². The second-order valence-corrected chi connectivity index (χ2v) is 4.17. The third-order valence-electron chi connectivity index (χ3n) is 2.24. The number of carbonyl (C=O) groups excluding carboxylic acids is 1. The SMILES string of the molecule is CSc1n[nH]nc1C(=O)c1ccc(C)cc1. The van der Waals surface area contributed by atoms with E-state index in [9.17, 15) is 4.79 Å². The average Bonchev–Trinajstić information content (AvgIpc) is 2.77. The van der Waals surface area contributed by atoms with Gasteiger partial charge >= 0.3 is 0 Å². The topological polar surface area (TPSA) is 58.6 Å². The van der Waals surface area contributed by atoms with Crippen LogP contribution in [0.25, 0.3) is 0 Å². The Bertz CT molecular complexity index is 504. The Balaban J connectivity index is 2.35. The molecule has 2 aromatic rings. The third-order valence-corrected chi connectivity index (χ3v) is 2.91. The fraction of sp³-hybridized carbons (Fsp3) is 0.182. The second kappa shape index (κ2) is 4.49. The maximum Gasteiger partial charge on any atom is 0.216 e. The van der Waals surface area contributed by atoms with Gasteiger partial charge in [-0.2, -0.15) is 10.3 Å². The molecule has 0 saturated carbocycles. The van der Waals surface area contributed by atoms with Crippen LogP contribution >= 0.6 is 11.8 Å². The number of hydrogen-bond acceptors (Lipinski definition) is 4. The van der Waals surface area contributed by atoms with Gasteiger partial charge in [0.2, 0.25) is 5.78 Å². The highest BCUT2D eigenvalue weighted by Crippen LogP contribution is 2.18. The number of nitrogens with zero attached hydrogens (tertiary/aromatic N) is 2. The molecule has 0 spiro atoms. The number of carbonyl (C=O) groups is 1. The van der Waals surface area contributed by atoms with E-state index in [4.69, 9.17) is 0 Å². The first-order valence-electron chi connectivity index (χ1n) is 4.78. The van der Waals surface area contributed by atoms with Crippen molar-refractivity contribution in [2.75, 3.05) is 6.26 Å². The summed E-state index contributed by atoms with van der Waals surface area (Å²) in [7, 11) is 0. The first-order valence-corrected chi connectivity index (χ1v) is 6.01. The van der Waals surface area contributed by atoms with Gasteiger partial charge in [0, 0.05) is 5.56 Å². The van der Waals surface area contributed by atoms with Crippen LogP contribution in [0.1, 0.15) is 21.6 Å². The van der Waals surface area contributed by atoms with Crippen LogP contribution in [0.15, 0.2) is 29.3 Å². The Morgan fingerprint density at radius 2 is 1.94 bits per heavy atom. The van der Waals surface area contributed by atoms with Crippen LogP contribution in [0.3, 0.4) is 0 Å². The number of benzene rings is 1. The summed E-state index contributed by atoms with van der Waals surface area (Å²) in [5.74, 6) is -0.0990. The Kier molecular flexibility index (Phi) is 3.05. The van der Waals surface area contributed by atoms with Crippen molar-refractivity contribution in [2.45, 2.75) is 11.9 Å². The minimum atomic E-state index is -0.0990. The minimum Gasteiger partial charge on any atom is -0.287 e. The molecule has 0 aliphatic heterocycles. The number of nitrogens with one attached hydrogen (secondary N) is 1. The van der Waals surface area contributed by atoms with Crippen molar-refractivity contribution in [3.8, 4) is 0 Å². The summed E-state index contributed by atoms with van der Waals surface area (Å²) in [5, 5.41) is 10.9. The maximum atomic E-state index is 12.1. The van der Waals surface area contributed by atoms with E-state index >= 15 is 0 Å². The van der Waals surface area contributed by atoms with Gasteiger partial charge in [0.05, 0.1) is 0 Å². The van der Waals surface area contributed by atoms with Gasteiger partial charge in [-0.1, -0.05) is 29.8 Å². The van der Waals surface area contributed by atoms with E-state index in [1.54, 1.807) is 12.1 Å². The van der Waals surface area contributed by atoms with Crippen molar-refractivity contribution in [1.82, 2.24) is 15.4 Å². The fourth-order valence-electron chi connectivity index (χ4n) is 1.35. The van der Waals surface area contributed by atoms with Crippen molar-refractivity contribution in [2.24, 2.45) is 0 Å². The number of H-pyrrole nitrogens is 1. The highest BCUT2D eigenvalue weighted by Gasteiger charge is 2.17. The van der Waals surface area contributed by atoms with Crippen molar-refractivity contribution in [3.05, 3.63) is 41.1 Å². The van der Waals surface area contributed by atoms with Crippen LogP contribution in [-0.4, -0.2) is 27.4 Å². The molecule has 0 aliphatic rings. The lowest BCUT2D eigenvalue weighted by atomic mass is 10.1. The summed E-state index contributed by atoms with van der Waals surface area (Å²) in [6.45, 7) is 1.98. The van der Waals surface area contributed by atoms with Gasteiger partial charge in [-0.05, 0) is 13.2 Å². The van der Waals surface area contributed by atoms with Crippen LogP contribution in [0.5, 0.6) is 0 Å². The second-order valence-electron chi connectivity index (χ2n) is 3.38. The smallest absolute Gasteiger partial charge is 0.216 e. The van der Waals surface area contributed by atoms with E-state index in [0.29, 0.717) is 16.3 Å². The summed E-state index contributed by atoms with van der Waals surface area (Å²) >= 11 is 1.40. The van der Waals surface area contributed by atoms with E-state index in [1.165, 1.54) is 11.8 Å². The number of thioether (sulfide) groups is 1. The average molecular weight is 233 g/mol. The standard InChI is InChI=1S/C11H11N3OS/c1-7-3-5-8(6-4-7)10(15)9-11(16-2)13-14-12-9/h3-6H,1-2H3,(H,12,13,14). The molecule has 0 aliphatic carbocycles. The molecular formula is C11H11N3OS. The monoisotopic (exact) mass is 233 g/mol. The summed E-state index contributed by atoms with van der Waals surface area (Å²) < 4.78 is 0. The molecule has 16 heavy (non-hydrogen) atoms. The van der Waals surface area contributed by atoms with Gasteiger partial charge in [-0.3, -0.25) is 4.79 Å². The van der Waals surface area contributed by atoms with Crippen molar-refractivity contribution in [1.29, 1.82) is 0 Å². The Hall–Kier alpha value is -1.62. The van der Waals surface area contributed by atoms with E-state index in [2.05, 4.69) is 15.4 Å². The van der Waals surface area contributed by atoms with E-state index in [0.717, 1.165) is 5.56 Å². The first-order chi connectivity index (χ1) is 7.72. The largest absolute Gasteiger partial charge is 0.287 e. The number of aromatic nitrogens is 3. The molecule has 1 aromatic heterocycles. The molecule has 1 heterocycles. The first kappa shape index (κ1) is 10.9. The van der Waals surface area contributed by atoms with Crippen LogP contribution in [0.2, 0.25) is 0 Å². The van der Waals surface area contributed by atoms with Crippen molar-refractivity contribution < 1.29 is 4.79 Å². The lowest BCUT2D eigenvalue weighted by Gasteiger charge is -1.99. The predicted octanol–water partition coefficient (Wildman–Crippen LogP) is 2.07. The highest BCUT2D eigenvalue weighted by molar-refractivity contribution is 7.98. The highest BCUT2D eigenvalue weighted by atomic mass is 32.2. The molecule has 0 saturated heterocycles. The van der Waals surface area contributed by atoms with Gasteiger partial charge in [0.15, 0.2) is 5.69 Å². The van der Waals surface area contributed by atoms with Gasteiger partial charge in [-0.15, -0.1) is 16.9 Å². The molecule has 5 heteroatoms. The van der Waals surface area contributed by atoms with Gasteiger partial charge in [-0.25, -0.2) is 0 Å². The van der Waals surface area contributed by atoms with E-state index in [-0.39, 0.29) is 5.78 Å². The van der Waals surface area contributed by atoms with Crippen molar-refractivity contribution >= 4 is 17.5 Å². The molecule has 82 valence electrons. The number of aromatic amines is 1. The Labute approximate surface area is 97.5 Å².